The number of halogens is 1. The Morgan fingerprint density at radius 2 is 1.48 bits per heavy atom. The lowest BCUT2D eigenvalue weighted by Gasteiger charge is -2.25. The Bertz CT molecular complexity index is 735. The van der Waals surface area contributed by atoms with Crippen LogP contribution in [0.15, 0.2) is 48.5 Å². The smallest absolute Gasteiger partial charge is 0.327 e. The van der Waals surface area contributed by atoms with Gasteiger partial charge in [0.2, 0.25) is 0 Å². The summed E-state index contributed by atoms with van der Waals surface area (Å²) in [5, 5.41) is 0. The molecule has 132 valence electrons. The highest BCUT2D eigenvalue weighted by molar-refractivity contribution is 6.06. The third kappa shape index (κ3) is 3.87. The minimum Gasteiger partial charge on any atom is -0.465 e. The predicted molar refractivity (Wildman–Crippen MR) is 92.5 cm³/mol. The summed E-state index contributed by atoms with van der Waals surface area (Å²) >= 11 is 0. The summed E-state index contributed by atoms with van der Waals surface area (Å²) in [5.74, 6) is -1.65. The Morgan fingerprint density at radius 3 is 1.96 bits per heavy atom. The highest BCUT2D eigenvalue weighted by Gasteiger charge is 2.46. The standard InChI is InChI=1S/C20H21FO4/c1-4-24-18(22)20(3,19(23)25-5-2)16-11-9-14(10-12-16)15-7-6-8-17(21)13-15/h6-13H,4-5H2,1-3H3. The van der Waals surface area contributed by atoms with Gasteiger partial charge in [-0.3, -0.25) is 9.59 Å². The van der Waals surface area contributed by atoms with Gasteiger partial charge < -0.3 is 9.47 Å². The molecule has 2 aromatic carbocycles. The number of carbonyl (C=O) groups is 2. The van der Waals surface area contributed by atoms with Gasteiger partial charge in [-0.2, -0.15) is 0 Å². The fraction of sp³-hybridized carbons (Fsp3) is 0.300. The van der Waals surface area contributed by atoms with E-state index in [4.69, 9.17) is 9.47 Å². The average Bonchev–Trinajstić information content (AvgIpc) is 2.61. The number of hydrogen-bond acceptors (Lipinski definition) is 4. The number of benzene rings is 2. The minimum atomic E-state index is -1.55. The number of esters is 2. The van der Waals surface area contributed by atoms with Crippen LogP contribution in [-0.2, 0) is 24.5 Å². The number of hydrogen-bond donors (Lipinski definition) is 0. The van der Waals surface area contributed by atoms with Gasteiger partial charge in [0.1, 0.15) is 5.82 Å². The van der Waals surface area contributed by atoms with E-state index in [-0.39, 0.29) is 19.0 Å². The van der Waals surface area contributed by atoms with Crippen molar-refractivity contribution in [2.45, 2.75) is 26.2 Å². The van der Waals surface area contributed by atoms with Gasteiger partial charge >= 0.3 is 11.9 Å². The van der Waals surface area contributed by atoms with Gasteiger partial charge in [-0.1, -0.05) is 36.4 Å². The summed E-state index contributed by atoms with van der Waals surface area (Å²) in [5.41, 5.74) is 0.398. The Hall–Kier alpha value is -2.69. The van der Waals surface area contributed by atoms with Crippen LogP contribution in [0.2, 0.25) is 0 Å². The molecule has 2 rings (SSSR count). The third-order valence-electron chi connectivity index (χ3n) is 3.99. The first kappa shape index (κ1) is 18.6. The fourth-order valence-corrected chi connectivity index (χ4v) is 2.53. The van der Waals surface area contributed by atoms with Crippen LogP contribution in [0.5, 0.6) is 0 Å². The maximum absolute atomic E-state index is 13.4. The summed E-state index contributed by atoms with van der Waals surface area (Å²) in [7, 11) is 0. The van der Waals surface area contributed by atoms with Gasteiger partial charge in [-0.15, -0.1) is 0 Å². The van der Waals surface area contributed by atoms with Crippen LogP contribution >= 0.6 is 0 Å². The Balaban J connectivity index is 2.41. The second kappa shape index (κ2) is 7.92. The normalized spacial score (nSPS) is 11.0. The van der Waals surface area contributed by atoms with Gasteiger partial charge in [0.15, 0.2) is 5.41 Å². The van der Waals surface area contributed by atoms with Gasteiger partial charge in [0.05, 0.1) is 13.2 Å². The molecular weight excluding hydrogens is 323 g/mol. The molecule has 0 aromatic heterocycles. The third-order valence-corrected chi connectivity index (χ3v) is 3.99. The lowest BCUT2D eigenvalue weighted by atomic mass is 9.82. The van der Waals surface area contributed by atoms with Crippen LogP contribution in [0.4, 0.5) is 4.39 Å². The van der Waals surface area contributed by atoms with Crippen molar-refractivity contribution in [3.8, 4) is 11.1 Å². The minimum absolute atomic E-state index is 0.162. The largest absolute Gasteiger partial charge is 0.465 e. The molecule has 25 heavy (non-hydrogen) atoms. The van der Waals surface area contributed by atoms with Gasteiger partial charge in [0.25, 0.3) is 0 Å². The van der Waals surface area contributed by atoms with Crippen LogP contribution in [0.1, 0.15) is 26.3 Å². The summed E-state index contributed by atoms with van der Waals surface area (Å²) in [6.07, 6.45) is 0. The first-order chi connectivity index (χ1) is 11.9. The highest BCUT2D eigenvalue weighted by Crippen LogP contribution is 2.30. The van der Waals surface area contributed by atoms with E-state index in [1.807, 2.05) is 0 Å². The van der Waals surface area contributed by atoms with Gasteiger partial charge in [0, 0.05) is 0 Å². The van der Waals surface area contributed by atoms with E-state index < -0.39 is 17.4 Å². The zero-order chi connectivity index (χ0) is 18.4. The SMILES string of the molecule is CCOC(=O)C(C)(C(=O)OCC)c1ccc(-c2cccc(F)c2)cc1. The Kier molecular flexibility index (Phi) is 5.91. The molecule has 4 nitrogen and oxygen atoms in total. The van der Waals surface area contributed by atoms with E-state index in [0.717, 1.165) is 5.56 Å². The van der Waals surface area contributed by atoms with Crippen LogP contribution in [0.3, 0.4) is 0 Å². The molecular formula is C20H21FO4. The maximum Gasteiger partial charge on any atom is 0.327 e. The van der Waals surface area contributed by atoms with Crippen LogP contribution in [0.25, 0.3) is 11.1 Å². The molecule has 0 radical (unpaired) electrons. The van der Waals surface area contributed by atoms with Crippen molar-refractivity contribution >= 4 is 11.9 Å². The summed E-state index contributed by atoms with van der Waals surface area (Å²) < 4.78 is 23.5. The molecule has 5 heteroatoms. The Labute approximate surface area is 146 Å². The van der Waals surface area contributed by atoms with E-state index in [1.54, 1.807) is 50.2 Å². The van der Waals surface area contributed by atoms with Crippen molar-refractivity contribution in [1.82, 2.24) is 0 Å². The molecule has 0 spiro atoms. The zero-order valence-corrected chi connectivity index (χ0v) is 14.5. The number of carbonyl (C=O) groups excluding carboxylic acids is 2. The molecule has 0 fully saturated rings. The second-order valence-electron chi connectivity index (χ2n) is 5.65. The maximum atomic E-state index is 13.4. The number of ether oxygens (including phenoxy) is 2. The molecule has 0 aliphatic rings. The van der Waals surface area contributed by atoms with E-state index >= 15 is 0 Å². The molecule has 0 saturated carbocycles. The van der Waals surface area contributed by atoms with E-state index in [0.29, 0.717) is 11.1 Å². The van der Waals surface area contributed by atoms with Gasteiger partial charge in [-0.05, 0) is 49.6 Å². The average molecular weight is 344 g/mol. The van der Waals surface area contributed by atoms with Crippen LogP contribution in [0, 0.1) is 5.82 Å². The molecule has 0 aliphatic carbocycles. The van der Waals surface area contributed by atoms with Crippen LogP contribution in [-0.4, -0.2) is 25.2 Å². The molecule has 2 aromatic rings. The lowest BCUT2D eigenvalue weighted by molar-refractivity contribution is -0.163. The van der Waals surface area contributed by atoms with E-state index in [2.05, 4.69) is 0 Å². The molecule has 0 saturated heterocycles. The topological polar surface area (TPSA) is 52.6 Å². The second-order valence-corrected chi connectivity index (χ2v) is 5.65. The van der Waals surface area contributed by atoms with Crippen molar-refractivity contribution in [3.63, 3.8) is 0 Å². The zero-order valence-electron chi connectivity index (χ0n) is 14.5. The lowest BCUT2D eigenvalue weighted by Crippen LogP contribution is -2.43. The molecule has 0 atom stereocenters. The molecule has 0 heterocycles. The molecule has 0 amide bonds. The summed E-state index contributed by atoms with van der Waals surface area (Å²) in [6, 6.07) is 13.0. The molecule has 0 bridgehead atoms. The highest BCUT2D eigenvalue weighted by atomic mass is 19.1. The van der Waals surface area contributed by atoms with E-state index in [1.165, 1.54) is 19.1 Å². The van der Waals surface area contributed by atoms with Crippen LogP contribution < -0.4 is 0 Å². The summed E-state index contributed by atoms with van der Waals surface area (Å²) in [6.45, 7) is 5.16. The quantitative estimate of drug-likeness (QED) is 0.589. The summed E-state index contributed by atoms with van der Waals surface area (Å²) in [4.78, 5) is 24.8. The van der Waals surface area contributed by atoms with Crippen molar-refractivity contribution in [1.29, 1.82) is 0 Å². The first-order valence-corrected chi connectivity index (χ1v) is 8.14. The monoisotopic (exact) mass is 344 g/mol. The predicted octanol–water partition coefficient (Wildman–Crippen LogP) is 3.88. The van der Waals surface area contributed by atoms with E-state index in [9.17, 15) is 14.0 Å². The Morgan fingerprint density at radius 1 is 0.920 bits per heavy atom. The van der Waals surface area contributed by atoms with Crippen molar-refractivity contribution in [2.75, 3.05) is 13.2 Å². The molecule has 0 aliphatic heterocycles. The van der Waals surface area contributed by atoms with Crippen molar-refractivity contribution < 1.29 is 23.5 Å². The van der Waals surface area contributed by atoms with Gasteiger partial charge in [-0.25, -0.2) is 4.39 Å². The van der Waals surface area contributed by atoms with Crippen molar-refractivity contribution in [3.05, 3.63) is 59.9 Å². The molecule has 0 unspecified atom stereocenters. The fourth-order valence-electron chi connectivity index (χ4n) is 2.53. The molecule has 0 N–H and O–H groups in total. The number of rotatable bonds is 6. The first-order valence-electron chi connectivity index (χ1n) is 8.14. The van der Waals surface area contributed by atoms with Crippen molar-refractivity contribution in [2.24, 2.45) is 0 Å².